The van der Waals surface area contributed by atoms with Gasteiger partial charge >= 0.3 is 11.9 Å². The van der Waals surface area contributed by atoms with Gasteiger partial charge in [-0.1, -0.05) is 12.1 Å². The first-order valence-electron chi connectivity index (χ1n) is 8.20. The number of carbonyl (C=O) groups is 2. The highest BCUT2D eigenvalue weighted by Crippen LogP contribution is 2.12. The van der Waals surface area contributed by atoms with Gasteiger partial charge in [0.15, 0.2) is 0 Å². The number of ether oxygens (including phenoxy) is 2. The Morgan fingerprint density at radius 3 is 1.30 bits per heavy atom. The second kappa shape index (κ2) is 18.1. The maximum Gasteiger partial charge on any atom is 0.339 e. The average molecular weight is 416 g/mol. The van der Waals surface area contributed by atoms with Gasteiger partial charge in [-0.15, -0.1) is 0 Å². The van der Waals surface area contributed by atoms with Crippen LogP contribution in [-0.4, -0.2) is 75.7 Å². The number of carbonyl (C=O) groups excluding carboxylic acids is 6. The van der Waals surface area contributed by atoms with Crippen molar-refractivity contribution in [1.82, 2.24) is 0 Å². The molecule has 0 radical (unpaired) electrons. The van der Waals surface area contributed by atoms with Crippen LogP contribution in [0.2, 0.25) is 0 Å². The molecule has 1 rings (SSSR count). The van der Waals surface area contributed by atoms with E-state index in [-0.39, 0.29) is 50.5 Å². The zero-order valence-corrected chi connectivity index (χ0v) is 15.6. The summed E-state index contributed by atoms with van der Waals surface area (Å²) < 4.78 is 9.75. The Bertz CT molecular complexity index is 818. The van der Waals surface area contributed by atoms with Crippen molar-refractivity contribution in [1.29, 1.82) is 0 Å². The Hall–Kier alpha value is -4.32. The number of rotatable bonds is 11. The number of isocyanates is 4. The second-order valence-electron chi connectivity index (χ2n) is 4.71. The van der Waals surface area contributed by atoms with Gasteiger partial charge in [0.25, 0.3) is 0 Å². The number of hydrogen-bond acceptors (Lipinski definition) is 12. The first-order valence-corrected chi connectivity index (χ1v) is 8.20. The van der Waals surface area contributed by atoms with Crippen LogP contribution >= 0.6 is 0 Å². The lowest BCUT2D eigenvalue weighted by Crippen LogP contribution is -2.16. The summed E-state index contributed by atoms with van der Waals surface area (Å²) >= 11 is 0. The van der Waals surface area contributed by atoms with E-state index in [1.165, 1.54) is 36.5 Å². The van der Waals surface area contributed by atoms with Crippen molar-refractivity contribution in [2.75, 3.05) is 39.4 Å². The maximum absolute atomic E-state index is 11.9. The molecule has 12 heteroatoms. The molecule has 12 nitrogen and oxygen atoms in total. The van der Waals surface area contributed by atoms with Gasteiger partial charge in [0.05, 0.1) is 37.3 Å². The molecule has 30 heavy (non-hydrogen) atoms. The number of nitrogens with zero attached hydrogens (tertiary/aromatic N) is 4. The van der Waals surface area contributed by atoms with E-state index in [0.717, 1.165) is 0 Å². The lowest BCUT2D eigenvalue weighted by atomic mass is 10.1. The van der Waals surface area contributed by atoms with Gasteiger partial charge < -0.3 is 9.47 Å². The van der Waals surface area contributed by atoms with Gasteiger partial charge in [-0.2, -0.15) is 0 Å². The van der Waals surface area contributed by atoms with Crippen LogP contribution in [0.25, 0.3) is 0 Å². The van der Waals surface area contributed by atoms with Crippen molar-refractivity contribution in [2.24, 2.45) is 20.0 Å². The molecule has 156 valence electrons. The topological polar surface area (TPSA) is 170 Å². The average Bonchev–Trinajstić information content (AvgIpc) is 2.77. The minimum atomic E-state index is -0.737. The van der Waals surface area contributed by atoms with Crippen LogP contribution in [0.5, 0.6) is 0 Å². The molecule has 0 amide bonds. The van der Waals surface area contributed by atoms with Gasteiger partial charge in [-0.25, -0.2) is 48.7 Å². The molecule has 1 aromatic carbocycles. The summed E-state index contributed by atoms with van der Waals surface area (Å²) in [6.07, 6.45) is 5.26. The fraction of sp³-hybridized carbons (Fsp3) is 0.333. The molecular weight excluding hydrogens is 400 g/mol. The van der Waals surface area contributed by atoms with E-state index in [1.54, 1.807) is 12.1 Å². The van der Waals surface area contributed by atoms with Gasteiger partial charge in [0.2, 0.25) is 24.3 Å². The third kappa shape index (κ3) is 12.1. The largest absolute Gasteiger partial charge is 0.460 e. The molecule has 0 aliphatic rings. The summed E-state index contributed by atoms with van der Waals surface area (Å²) in [5.74, 6) is -1.47. The molecule has 0 unspecified atom stereocenters. The molecule has 0 aliphatic carbocycles. The first-order chi connectivity index (χ1) is 14.6. The summed E-state index contributed by atoms with van der Waals surface area (Å²) in [5, 5.41) is 0. The van der Waals surface area contributed by atoms with E-state index in [4.69, 9.17) is 9.47 Å². The molecule has 0 heterocycles. The first kappa shape index (κ1) is 25.7. The standard InChI is InChI=1S/C14H12N2O6.C4H4N2O2/c17-9-15-5-7-21-13(19)11-3-1-2-4-12(11)14(20)22-8-6-16-10-18;7-3-5-1-2-6-4-8/h1-4H,5-8H2;1-2H2. The Kier molecular flexibility index (Phi) is 15.5. The minimum Gasteiger partial charge on any atom is -0.460 e. The van der Waals surface area contributed by atoms with Crippen molar-refractivity contribution in [3.63, 3.8) is 0 Å². The van der Waals surface area contributed by atoms with Crippen molar-refractivity contribution in [3.8, 4) is 0 Å². The third-order valence-electron chi connectivity index (χ3n) is 2.82. The lowest BCUT2D eigenvalue weighted by Gasteiger charge is -2.08. The van der Waals surface area contributed by atoms with Crippen molar-refractivity contribution in [3.05, 3.63) is 35.4 Å². The molecule has 0 fully saturated rings. The molecule has 0 saturated carbocycles. The van der Waals surface area contributed by atoms with Crippen molar-refractivity contribution >= 4 is 36.3 Å². The molecular formula is C18H16N4O8. The van der Waals surface area contributed by atoms with E-state index in [0.29, 0.717) is 0 Å². The second-order valence-corrected chi connectivity index (χ2v) is 4.71. The summed E-state index contributed by atoms with van der Waals surface area (Å²) in [7, 11) is 0. The van der Waals surface area contributed by atoms with Crippen LogP contribution in [0.15, 0.2) is 44.2 Å². The van der Waals surface area contributed by atoms with Crippen LogP contribution in [-0.2, 0) is 28.7 Å². The van der Waals surface area contributed by atoms with Gasteiger partial charge in [-0.05, 0) is 12.1 Å². The van der Waals surface area contributed by atoms with Crippen LogP contribution in [0.4, 0.5) is 0 Å². The van der Waals surface area contributed by atoms with E-state index < -0.39 is 11.9 Å². The number of benzene rings is 1. The Labute approximate surface area is 170 Å². The predicted octanol–water partition coefficient (Wildman–Crippen LogP) is 0.330. The molecule has 0 atom stereocenters. The van der Waals surface area contributed by atoms with Crippen molar-refractivity contribution in [2.45, 2.75) is 0 Å². The summed E-state index contributed by atoms with van der Waals surface area (Å²) in [6, 6.07) is 5.94. The highest BCUT2D eigenvalue weighted by molar-refractivity contribution is 6.03. The smallest absolute Gasteiger partial charge is 0.339 e. The monoisotopic (exact) mass is 416 g/mol. The molecule has 0 aliphatic heterocycles. The Morgan fingerprint density at radius 1 is 0.633 bits per heavy atom. The quantitative estimate of drug-likeness (QED) is 0.215. The fourth-order valence-corrected chi connectivity index (χ4v) is 1.65. The predicted molar refractivity (Wildman–Crippen MR) is 99.0 cm³/mol. The highest BCUT2D eigenvalue weighted by Gasteiger charge is 2.18. The van der Waals surface area contributed by atoms with E-state index in [9.17, 15) is 28.8 Å². The molecule has 0 aromatic heterocycles. The SMILES string of the molecule is O=C=NCCN=C=O.O=C=NCCOC(=O)c1ccccc1C(=O)OCCN=C=O. The molecule has 0 spiro atoms. The Morgan fingerprint density at radius 2 is 0.967 bits per heavy atom. The lowest BCUT2D eigenvalue weighted by molar-refractivity contribution is 0.0470. The van der Waals surface area contributed by atoms with Crippen LogP contribution in [0.3, 0.4) is 0 Å². The summed E-state index contributed by atoms with van der Waals surface area (Å²) in [5.41, 5.74) is 0.0583. The third-order valence-corrected chi connectivity index (χ3v) is 2.82. The zero-order chi connectivity index (χ0) is 22.5. The van der Waals surface area contributed by atoms with Crippen molar-refractivity contribution < 1.29 is 38.2 Å². The maximum atomic E-state index is 11.9. The van der Waals surface area contributed by atoms with Gasteiger partial charge in [-0.3, -0.25) is 0 Å². The molecule has 0 saturated heterocycles. The zero-order valence-electron chi connectivity index (χ0n) is 15.6. The van der Waals surface area contributed by atoms with E-state index >= 15 is 0 Å². The van der Waals surface area contributed by atoms with Crippen LogP contribution in [0.1, 0.15) is 20.7 Å². The van der Waals surface area contributed by atoms with Crippen LogP contribution in [0, 0.1) is 0 Å². The van der Waals surface area contributed by atoms with Gasteiger partial charge in [0, 0.05) is 0 Å². The Balaban J connectivity index is 0.000000890. The van der Waals surface area contributed by atoms with E-state index in [1.807, 2.05) is 0 Å². The summed E-state index contributed by atoms with van der Waals surface area (Å²) in [4.78, 5) is 74.9. The van der Waals surface area contributed by atoms with Crippen LogP contribution < -0.4 is 0 Å². The number of aliphatic imine (C=N–C) groups is 4. The molecule has 0 bridgehead atoms. The number of esters is 2. The van der Waals surface area contributed by atoms with Gasteiger partial charge in [0.1, 0.15) is 13.2 Å². The fourth-order valence-electron chi connectivity index (χ4n) is 1.65. The highest BCUT2D eigenvalue weighted by atomic mass is 16.5. The normalized spacial score (nSPS) is 8.40. The molecule has 0 N–H and O–H groups in total. The number of hydrogen-bond donors (Lipinski definition) is 0. The summed E-state index contributed by atoms with van der Waals surface area (Å²) in [6.45, 7) is 0.214. The van der Waals surface area contributed by atoms with E-state index in [2.05, 4.69) is 20.0 Å². The minimum absolute atomic E-state index is 0.00838. The molecule has 1 aromatic rings.